The van der Waals surface area contributed by atoms with Crippen LogP contribution < -0.4 is 0 Å². The van der Waals surface area contributed by atoms with E-state index in [0.717, 1.165) is 0 Å². The maximum atomic E-state index is 12.2. The van der Waals surface area contributed by atoms with E-state index in [1.54, 1.807) is 0 Å². The summed E-state index contributed by atoms with van der Waals surface area (Å²) < 4.78 is 36.5. The van der Waals surface area contributed by atoms with Gasteiger partial charge < -0.3 is 10.2 Å². The number of carboxylic acid groups (broad SMARTS) is 1. The van der Waals surface area contributed by atoms with Crippen molar-refractivity contribution in [2.24, 2.45) is 0 Å². The molecule has 1 atom stereocenters. The van der Waals surface area contributed by atoms with Gasteiger partial charge in [-0.15, -0.1) is 0 Å². The molecule has 1 rings (SSSR count). The van der Waals surface area contributed by atoms with Gasteiger partial charge in [-0.1, -0.05) is 12.1 Å². The van der Waals surface area contributed by atoms with Gasteiger partial charge in [0.15, 0.2) is 0 Å². The summed E-state index contributed by atoms with van der Waals surface area (Å²) in [5, 5.41) is 18.0. The average molecular weight is 262 g/mol. The summed E-state index contributed by atoms with van der Waals surface area (Å²) in [4.78, 5) is 10.6. The summed E-state index contributed by atoms with van der Waals surface area (Å²) in [7, 11) is 0. The molecule has 0 aromatic heterocycles. The Morgan fingerprint density at radius 2 is 2.00 bits per heavy atom. The van der Waals surface area contributed by atoms with Crippen LogP contribution in [0.5, 0.6) is 5.75 Å². The first-order valence-electron chi connectivity index (χ1n) is 5.35. The van der Waals surface area contributed by atoms with E-state index in [1.165, 1.54) is 24.3 Å². The van der Waals surface area contributed by atoms with E-state index >= 15 is 0 Å². The third kappa shape index (κ3) is 5.07. The van der Waals surface area contributed by atoms with Crippen LogP contribution in [0.1, 0.15) is 30.7 Å². The zero-order valence-electron chi connectivity index (χ0n) is 9.44. The van der Waals surface area contributed by atoms with E-state index in [4.69, 9.17) is 5.11 Å². The molecule has 100 valence electrons. The zero-order valence-corrected chi connectivity index (χ0v) is 9.44. The molecule has 0 spiro atoms. The molecule has 0 amide bonds. The zero-order chi connectivity index (χ0) is 13.8. The Bertz CT molecular complexity index is 415. The van der Waals surface area contributed by atoms with Crippen LogP contribution in [0.2, 0.25) is 0 Å². The van der Waals surface area contributed by atoms with Crippen molar-refractivity contribution in [2.45, 2.75) is 31.4 Å². The van der Waals surface area contributed by atoms with E-state index in [-0.39, 0.29) is 18.6 Å². The monoisotopic (exact) mass is 262 g/mol. The minimum Gasteiger partial charge on any atom is -0.508 e. The van der Waals surface area contributed by atoms with E-state index in [9.17, 15) is 23.1 Å². The molecular formula is C12H13F3O3. The quantitative estimate of drug-likeness (QED) is 0.856. The fourth-order valence-electron chi connectivity index (χ4n) is 1.71. The lowest BCUT2D eigenvalue weighted by atomic mass is 9.91. The van der Waals surface area contributed by atoms with Crippen molar-refractivity contribution in [1.82, 2.24) is 0 Å². The molecule has 0 bridgehead atoms. The normalized spacial score (nSPS) is 13.3. The molecule has 3 nitrogen and oxygen atoms in total. The Hall–Kier alpha value is -1.72. The van der Waals surface area contributed by atoms with Crippen LogP contribution in [-0.2, 0) is 4.79 Å². The molecule has 0 heterocycles. The first kappa shape index (κ1) is 14.3. The minimum absolute atomic E-state index is 0.0881. The number of rotatable bonds is 5. The number of carbonyl (C=O) groups is 1. The van der Waals surface area contributed by atoms with E-state index < -0.39 is 24.5 Å². The number of alkyl halides is 3. The lowest BCUT2D eigenvalue weighted by Gasteiger charge is -2.16. The van der Waals surface area contributed by atoms with Crippen LogP contribution in [0.4, 0.5) is 13.2 Å². The Kier molecular flexibility index (Phi) is 4.58. The van der Waals surface area contributed by atoms with Crippen molar-refractivity contribution in [3.8, 4) is 5.75 Å². The molecular weight excluding hydrogens is 249 g/mol. The Balaban J connectivity index is 2.81. The number of hydrogen-bond acceptors (Lipinski definition) is 2. The van der Waals surface area contributed by atoms with Gasteiger partial charge >= 0.3 is 12.1 Å². The third-order valence-electron chi connectivity index (χ3n) is 2.54. The van der Waals surface area contributed by atoms with E-state index in [2.05, 4.69) is 0 Å². The van der Waals surface area contributed by atoms with Gasteiger partial charge in [-0.05, 0) is 30.0 Å². The van der Waals surface area contributed by atoms with Crippen molar-refractivity contribution in [3.63, 3.8) is 0 Å². The molecule has 0 saturated heterocycles. The molecule has 1 aromatic rings. The summed E-state index contributed by atoms with van der Waals surface area (Å²) in [6.07, 6.45) is -6.05. The molecule has 2 N–H and O–H groups in total. The second-order valence-electron chi connectivity index (χ2n) is 4.04. The van der Waals surface area contributed by atoms with Crippen LogP contribution in [0.15, 0.2) is 24.3 Å². The number of aliphatic carboxylic acids is 1. The second kappa shape index (κ2) is 5.75. The van der Waals surface area contributed by atoms with Crippen molar-refractivity contribution in [2.75, 3.05) is 0 Å². The molecule has 0 aliphatic heterocycles. The van der Waals surface area contributed by atoms with E-state index in [1.807, 2.05) is 0 Å². The summed E-state index contributed by atoms with van der Waals surface area (Å²) in [5.74, 6) is -2.00. The largest absolute Gasteiger partial charge is 0.508 e. The fourth-order valence-corrected chi connectivity index (χ4v) is 1.71. The predicted octanol–water partition coefficient (Wildman–Crippen LogP) is 3.29. The smallest absolute Gasteiger partial charge is 0.389 e. The van der Waals surface area contributed by atoms with Gasteiger partial charge in [-0.25, -0.2) is 0 Å². The molecule has 0 aliphatic rings. The standard InChI is InChI=1S/C12H13F3O3/c13-12(14,15)5-4-9(7-11(17)18)8-2-1-3-10(16)6-8/h1-3,6,9,16H,4-5,7H2,(H,17,18)/t9-/m0/s1. The first-order chi connectivity index (χ1) is 8.28. The molecule has 6 heteroatoms. The molecule has 0 aliphatic carbocycles. The predicted molar refractivity (Wildman–Crippen MR) is 58.4 cm³/mol. The Labute approximate surface area is 102 Å². The Morgan fingerprint density at radius 1 is 1.33 bits per heavy atom. The lowest BCUT2D eigenvalue weighted by Crippen LogP contribution is -2.12. The van der Waals surface area contributed by atoms with Crippen LogP contribution in [-0.4, -0.2) is 22.4 Å². The molecule has 0 fully saturated rings. The van der Waals surface area contributed by atoms with Crippen molar-refractivity contribution in [1.29, 1.82) is 0 Å². The highest BCUT2D eigenvalue weighted by molar-refractivity contribution is 5.68. The number of halogens is 3. The number of hydrogen-bond donors (Lipinski definition) is 2. The number of benzene rings is 1. The van der Waals surface area contributed by atoms with Gasteiger partial charge in [0.05, 0.1) is 6.42 Å². The minimum atomic E-state index is -4.31. The van der Waals surface area contributed by atoms with Gasteiger partial charge in [0, 0.05) is 6.42 Å². The van der Waals surface area contributed by atoms with Crippen LogP contribution in [0.25, 0.3) is 0 Å². The highest BCUT2D eigenvalue weighted by Crippen LogP contribution is 2.32. The topological polar surface area (TPSA) is 57.5 Å². The van der Waals surface area contributed by atoms with Gasteiger partial charge in [-0.2, -0.15) is 13.2 Å². The number of aromatic hydroxyl groups is 1. The molecule has 18 heavy (non-hydrogen) atoms. The summed E-state index contributed by atoms with van der Waals surface area (Å²) in [6.45, 7) is 0. The highest BCUT2D eigenvalue weighted by Gasteiger charge is 2.29. The third-order valence-corrected chi connectivity index (χ3v) is 2.54. The van der Waals surface area contributed by atoms with Crippen molar-refractivity contribution in [3.05, 3.63) is 29.8 Å². The van der Waals surface area contributed by atoms with Crippen molar-refractivity contribution >= 4 is 5.97 Å². The lowest BCUT2D eigenvalue weighted by molar-refractivity contribution is -0.142. The van der Waals surface area contributed by atoms with Gasteiger partial charge in [-0.3, -0.25) is 4.79 Å². The Morgan fingerprint density at radius 3 is 2.50 bits per heavy atom. The SMILES string of the molecule is O=C(O)C[C@H](CCC(F)(F)F)c1cccc(O)c1. The molecule has 1 aromatic carbocycles. The second-order valence-corrected chi connectivity index (χ2v) is 4.04. The summed E-state index contributed by atoms with van der Waals surface area (Å²) >= 11 is 0. The first-order valence-corrected chi connectivity index (χ1v) is 5.35. The highest BCUT2D eigenvalue weighted by atomic mass is 19.4. The van der Waals surface area contributed by atoms with Crippen molar-refractivity contribution < 1.29 is 28.2 Å². The average Bonchev–Trinajstić information content (AvgIpc) is 2.22. The molecule has 0 radical (unpaired) electrons. The fraction of sp³-hybridized carbons (Fsp3) is 0.417. The van der Waals surface area contributed by atoms with Crippen LogP contribution in [0.3, 0.4) is 0 Å². The number of carboxylic acids is 1. The van der Waals surface area contributed by atoms with Crippen LogP contribution in [0, 0.1) is 0 Å². The van der Waals surface area contributed by atoms with E-state index in [0.29, 0.717) is 5.56 Å². The molecule has 0 saturated carbocycles. The van der Waals surface area contributed by atoms with Gasteiger partial charge in [0.25, 0.3) is 0 Å². The summed E-state index contributed by atoms with van der Waals surface area (Å²) in [6, 6.07) is 5.67. The number of phenols is 1. The van der Waals surface area contributed by atoms with Gasteiger partial charge in [0.1, 0.15) is 5.75 Å². The summed E-state index contributed by atoms with van der Waals surface area (Å²) in [5.41, 5.74) is 0.404. The maximum Gasteiger partial charge on any atom is 0.389 e. The maximum absolute atomic E-state index is 12.2. The van der Waals surface area contributed by atoms with Crippen LogP contribution >= 0.6 is 0 Å². The number of phenolic OH excluding ortho intramolecular Hbond substituents is 1. The van der Waals surface area contributed by atoms with Gasteiger partial charge in [0.2, 0.25) is 0 Å². The molecule has 0 unspecified atom stereocenters.